The zero-order chi connectivity index (χ0) is 47.1. The molecule has 1 aromatic carbocycles. The van der Waals surface area contributed by atoms with E-state index in [0.29, 0.717) is 71.5 Å². The van der Waals surface area contributed by atoms with Gasteiger partial charge in [-0.05, 0) is 81.9 Å². The van der Waals surface area contributed by atoms with Crippen LogP contribution in [0.4, 0.5) is 19.4 Å². The number of halogens is 2. The molecule has 7 heterocycles. The summed E-state index contributed by atoms with van der Waals surface area (Å²) in [5.74, 6) is 6.46. The minimum Gasteiger partial charge on any atom is -0.362 e. The molecule has 7 aliphatic rings. The lowest BCUT2D eigenvalue weighted by molar-refractivity contribution is -0.183. The molecule has 0 spiro atoms. The van der Waals surface area contributed by atoms with Crippen LogP contribution in [0, 0.1) is 23.7 Å². The maximum atomic E-state index is 15.1. The SMILES string of the molecule is CNC(=O)N1CCc2c(c(N3CCCC4=C3CC(C(F)F)C(C3CN(C)N(C)C3C)=C4)nn2C2CCN(C(=O)CCCCC#Cc3cccc4c3C(OC)N(C3CCCN(O)C3=O)C4)CC2)C1. The Kier molecular flexibility index (Phi) is 14.1. The molecule has 2 N–H and O–H groups in total. The monoisotopic (exact) mass is 927 g/mol. The second-order valence-electron chi connectivity index (χ2n) is 19.6. The number of piperidine rings is 2. The zero-order valence-corrected chi connectivity index (χ0v) is 39.9. The number of hydroxylamine groups is 2. The molecule has 0 radical (unpaired) electrons. The molecule has 17 heteroatoms. The van der Waals surface area contributed by atoms with E-state index in [4.69, 9.17) is 9.84 Å². The van der Waals surface area contributed by atoms with Gasteiger partial charge >= 0.3 is 6.03 Å². The first-order valence-corrected chi connectivity index (χ1v) is 24.6. The van der Waals surface area contributed by atoms with Crippen molar-refractivity contribution in [3.63, 3.8) is 0 Å². The van der Waals surface area contributed by atoms with Crippen molar-refractivity contribution in [2.24, 2.45) is 11.8 Å². The highest BCUT2D eigenvalue weighted by Gasteiger charge is 2.45. The molecule has 15 nitrogen and oxygen atoms in total. The van der Waals surface area contributed by atoms with Crippen molar-refractivity contribution in [2.45, 2.75) is 128 Å². The summed E-state index contributed by atoms with van der Waals surface area (Å²) in [6.07, 6.45) is 7.36. The van der Waals surface area contributed by atoms with Crippen LogP contribution in [0.1, 0.15) is 118 Å². The lowest BCUT2D eigenvalue weighted by Crippen LogP contribution is -2.50. The molecule has 1 aliphatic carbocycles. The van der Waals surface area contributed by atoms with Crippen molar-refractivity contribution in [2.75, 3.05) is 72.4 Å². The van der Waals surface area contributed by atoms with E-state index in [9.17, 15) is 19.6 Å². The number of allylic oxidation sites excluding steroid dienone is 3. The average Bonchev–Trinajstić information content (AvgIpc) is 4.00. The van der Waals surface area contributed by atoms with Gasteiger partial charge < -0.3 is 24.8 Å². The van der Waals surface area contributed by atoms with Gasteiger partial charge in [0.1, 0.15) is 6.23 Å². The highest BCUT2D eigenvalue weighted by molar-refractivity contribution is 5.81. The second-order valence-corrected chi connectivity index (χ2v) is 19.6. The minimum atomic E-state index is -2.49. The fraction of sp³-hybridized carbons (Fsp3) is 0.640. The van der Waals surface area contributed by atoms with E-state index in [-0.39, 0.29) is 42.3 Å². The summed E-state index contributed by atoms with van der Waals surface area (Å²) in [5, 5.41) is 23.4. The average molecular weight is 927 g/mol. The third-order valence-electron chi connectivity index (χ3n) is 15.9. The fourth-order valence-corrected chi connectivity index (χ4v) is 12.0. The summed E-state index contributed by atoms with van der Waals surface area (Å²) in [5.41, 5.74) is 7.95. The van der Waals surface area contributed by atoms with Gasteiger partial charge in [0, 0.05) is 139 Å². The number of anilines is 1. The molecule has 5 atom stereocenters. The molecule has 6 aliphatic heterocycles. The normalized spacial score (nSPS) is 26.4. The van der Waals surface area contributed by atoms with Crippen LogP contribution >= 0.6 is 0 Å². The molecule has 3 saturated heterocycles. The molecule has 5 unspecified atom stereocenters. The molecule has 362 valence electrons. The lowest BCUT2D eigenvalue weighted by Gasteiger charge is -2.40. The van der Waals surface area contributed by atoms with Crippen molar-refractivity contribution in [3.8, 4) is 11.8 Å². The van der Waals surface area contributed by atoms with E-state index in [1.165, 1.54) is 0 Å². The van der Waals surface area contributed by atoms with E-state index < -0.39 is 24.6 Å². The van der Waals surface area contributed by atoms with Gasteiger partial charge in [0.15, 0.2) is 5.82 Å². The number of alkyl halides is 2. The van der Waals surface area contributed by atoms with Crippen molar-refractivity contribution in [1.82, 2.24) is 44.9 Å². The van der Waals surface area contributed by atoms with Gasteiger partial charge in [0.25, 0.3) is 5.91 Å². The van der Waals surface area contributed by atoms with E-state index >= 15 is 8.78 Å². The predicted molar refractivity (Wildman–Crippen MR) is 248 cm³/mol. The number of carbonyl (C=O) groups is 3. The number of benzene rings is 1. The topological polar surface area (TPSA) is 133 Å². The molecule has 0 saturated carbocycles. The summed E-state index contributed by atoms with van der Waals surface area (Å²) in [4.78, 5) is 47.3. The Balaban J connectivity index is 0.840. The summed E-state index contributed by atoms with van der Waals surface area (Å²) in [6.45, 7) is 6.64. The Morgan fingerprint density at radius 2 is 1.82 bits per heavy atom. The van der Waals surface area contributed by atoms with Gasteiger partial charge in [0.2, 0.25) is 12.3 Å². The second kappa shape index (κ2) is 20.0. The zero-order valence-electron chi connectivity index (χ0n) is 39.9. The number of unbranched alkanes of at least 4 members (excludes halogenated alkanes) is 2. The van der Waals surface area contributed by atoms with Crippen LogP contribution in [-0.4, -0.2) is 149 Å². The number of ether oxygens (including phenoxy) is 1. The molecule has 2 aromatic rings. The number of amides is 4. The van der Waals surface area contributed by atoms with Gasteiger partial charge in [-0.15, -0.1) is 0 Å². The number of rotatable bonds is 10. The van der Waals surface area contributed by atoms with Crippen LogP contribution in [0.2, 0.25) is 0 Å². The number of nitrogens with one attached hydrogen (secondary N) is 1. The van der Waals surface area contributed by atoms with Crippen molar-refractivity contribution >= 4 is 23.7 Å². The number of hydrogen-bond acceptors (Lipinski definition) is 10. The number of aromatic nitrogens is 2. The van der Waals surface area contributed by atoms with E-state index in [1.807, 2.05) is 47.0 Å². The molecule has 9 rings (SSSR count). The molecule has 67 heavy (non-hydrogen) atoms. The van der Waals surface area contributed by atoms with E-state index in [1.54, 1.807) is 14.2 Å². The number of hydrogen-bond donors (Lipinski definition) is 2. The molecular weight excluding hydrogens is 859 g/mol. The number of urea groups is 1. The number of fused-ring (bicyclic) bond motifs is 2. The molecular formula is C50H68F2N10O5. The van der Waals surface area contributed by atoms with Gasteiger partial charge in [0.05, 0.1) is 18.6 Å². The first-order valence-electron chi connectivity index (χ1n) is 24.6. The Bertz CT molecular complexity index is 2330. The predicted octanol–water partition coefficient (Wildman–Crippen LogP) is 6.06. The lowest BCUT2D eigenvalue weighted by atomic mass is 9.76. The Morgan fingerprint density at radius 3 is 2.55 bits per heavy atom. The van der Waals surface area contributed by atoms with Crippen molar-refractivity contribution < 1.29 is 33.1 Å². The van der Waals surface area contributed by atoms with Gasteiger partial charge in [-0.2, -0.15) is 5.10 Å². The van der Waals surface area contributed by atoms with Gasteiger partial charge in [-0.25, -0.2) is 28.7 Å². The molecule has 4 amide bonds. The van der Waals surface area contributed by atoms with Crippen molar-refractivity contribution in [1.29, 1.82) is 0 Å². The summed E-state index contributed by atoms with van der Waals surface area (Å²) in [6, 6.07) is 5.62. The standard InChI is InChI=1S/C50H68F2N10O5/c1-32-39(30-55(3)56(32)4)37-27-34-16-11-22-59(43(34)28-38(37)46(51)52)47-40-31-58(50(65)53-2)26-21-41(40)62(54-47)36-19-24-57(25-20-36)44(63)18-9-7-6-8-13-33-14-10-15-35-29-60(49(67-5)45(33)35)42-17-12-23-61(66)48(42)64/h10,14-15,27,32,36,38-39,42,46,49,66H,6-7,9,11-12,16-26,28-31H2,1-5H3,(H,53,65). The van der Waals surface area contributed by atoms with Gasteiger partial charge in [-0.3, -0.25) is 24.4 Å². The largest absolute Gasteiger partial charge is 0.362 e. The van der Waals surface area contributed by atoms with E-state index in [0.717, 1.165) is 107 Å². The number of methoxy groups -OCH3 is 1. The summed E-state index contributed by atoms with van der Waals surface area (Å²) >= 11 is 0. The maximum Gasteiger partial charge on any atom is 0.317 e. The van der Waals surface area contributed by atoms with Crippen LogP contribution in [0.25, 0.3) is 0 Å². The Hall–Kier alpha value is -4.86. The first-order chi connectivity index (χ1) is 32.4. The van der Waals surface area contributed by atoms with Crippen LogP contribution in [0.3, 0.4) is 0 Å². The minimum absolute atomic E-state index is 0.0288. The summed E-state index contributed by atoms with van der Waals surface area (Å²) < 4.78 is 38.3. The van der Waals surface area contributed by atoms with E-state index in [2.05, 4.69) is 49.8 Å². The Labute approximate surface area is 393 Å². The third kappa shape index (κ3) is 9.12. The number of carbonyl (C=O) groups excluding carboxylic acids is 3. The summed E-state index contributed by atoms with van der Waals surface area (Å²) in [7, 11) is 7.33. The number of likely N-dealkylation sites (tertiary alicyclic amines) is 1. The molecule has 3 fully saturated rings. The Morgan fingerprint density at radius 1 is 1.01 bits per heavy atom. The quantitative estimate of drug-likeness (QED) is 0.165. The highest BCUT2D eigenvalue weighted by Crippen LogP contribution is 2.47. The van der Waals surface area contributed by atoms with Crippen LogP contribution in [0.5, 0.6) is 0 Å². The highest BCUT2D eigenvalue weighted by atomic mass is 19.3. The number of nitrogens with zero attached hydrogens (tertiary/aromatic N) is 9. The fourth-order valence-electron chi connectivity index (χ4n) is 12.0. The van der Waals surface area contributed by atoms with Crippen LogP contribution < -0.4 is 10.2 Å². The third-order valence-corrected chi connectivity index (χ3v) is 15.9. The van der Waals surface area contributed by atoms with Gasteiger partial charge in [-0.1, -0.05) is 35.6 Å². The maximum absolute atomic E-state index is 15.1. The molecule has 0 bridgehead atoms. The van der Waals surface area contributed by atoms with Crippen LogP contribution in [-0.2, 0) is 33.8 Å². The first kappa shape index (κ1) is 47.2. The number of hydrazine groups is 1. The van der Waals surface area contributed by atoms with Crippen LogP contribution in [0.15, 0.2) is 41.1 Å². The van der Waals surface area contributed by atoms with Crippen molar-refractivity contribution in [3.05, 3.63) is 69.1 Å². The smallest absolute Gasteiger partial charge is 0.317 e. The molecule has 1 aromatic heterocycles.